The highest BCUT2D eigenvalue weighted by atomic mass is 32.2. The summed E-state index contributed by atoms with van der Waals surface area (Å²) in [5, 5.41) is 7.66. The summed E-state index contributed by atoms with van der Waals surface area (Å²) in [7, 11) is -0.643. The van der Waals surface area contributed by atoms with Crippen molar-refractivity contribution in [1.29, 1.82) is 0 Å². The minimum absolute atomic E-state index is 0.302. The van der Waals surface area contributed by atoms with Gasteiger partial charge in [0.05, 0.1) is 0 Å². The number of nitrogens with one attached hydrogen (secondary N) is 1. The molecule has 4 heteroatoms. The van der Waals surface area contributed by atoms with E-state index in [0.29, 0.717) is 12.1 Å². The molecule has 0 amide bonds. The maximum Gasteiger partial charge on any atom is 0.0447 e. The third kappa shape index (κ3) is 2.18. The standard InChI is InChI=1S/C9H13NOS2/c1-7-5-13(11)6-9(10-7)8-2-3-12-4-8/h2-4,7,9-10H,5-6H2,1H3. The zero-order chi connectivity index (χ0) is 9.26. The first-order valence-electron chi connectivity index (χ1n) is 4.39. The van der Waals surface area contributed by atoms with E-state index in [1.165, 1.54) is 5.56 Å². The van der Waals surface area contributed by atoms with Crippen LogP contribution in [0.2, 0.25) is 0 Å². The summed E-state index contributed by atoms with van der Waals surface area (Å²) in [5.41, 5.74) is 1.28. The lowest BCUT2D eigenvalue weighted by molar-refractivity contribution is 0.490. The van der Waals surface area contributed by atoms with Crippen LogP contribution in [0.15, 0.2) is 16.8 Å². The molecule has 3 unspecified atom stereocenters. The molecule has 0 radical (unpaired) electrons. The fourth-order valence-corrected chi connectivity index (χ4v) is 3.80. The molecule has 1 aliphatic heterocycles. The Labute approximate surface area is 84.8 Å². The monoisotopic (exact) mass is 215 g/mol. The molecule has 1 saturated heterocycles. The molecule has 3 atom stereocenters. The molecular weight excluding hydrogens is 202 g/mol. The van der Waals surface area contributed by atoms with E-state index in [0.717, 1.165) is 11.5 Å². The van der Waals surface area contributed by atoms with Crippen molar-refractivity contribution >= 4 is 22.1 Å². The molecule has 0 bridgehead atoms. The summed E-state index contributed by atoms with van der Waals surface area (Å²) in [6, 6.07) is 2.78. The zero-order valence-corrected chi connectivity index (χ0v) is 9.16. The first-order chi connectivity index (χ1) is 6.25. The average molecular weight is 215 g/mol. The zero-order valence-electron chi connectivity index (χ0n) is 7.53. The lowest BCUT2D eigenvalue weighted by Gasteiger charge is -2.27. The summed E-state index contributed by atoms with van der Waals surface area (Å²) in [6.07, 6.45) is 0. The Bertz CT molecular complexity index is 297. The van der Waals surface area contributed by atoms with Crippen molar-refractivity contribution < 1.29 is 4.21 Å². The first kappa shape index (κ1) is 9.37. The predicted molar refractivity (Wildman–Crippen MR) is 57.5 cm³/mol. The average Bonchev–Trinajstić information content (AvgIpc) is 2.53. The Morgan fingerprint density at radius 1 is 1.62 bits per heavy atom. The summed E-state index contributed by atoms with van der Waals surface area (Å²) in [6.45, 7) is 2.09. The SMILES string of the molecule is CC1CS(=O)CC(c2ccsc2)N1. The van der Waals surface area contributed by atoms with Crippen molar-refractivity contribution in [2.24, 2.45) is 0 Å². The molecular formula is C9H13NOS2. The van der Waals surface area contributed by atoms with E-state index >= 15 is 0 Å². The molecule has 0 aliphatic carbocycles. The van der Waals surface area contributed by atoms with Gasteiger partial charge < -0.3 is 5.32 Å². The molecule has 2 nitrogen and oxygen atoms in total. The second-order valence-corrected chi connectivity index (χ2v) is 5.78. The Morgan fingerprint density at radius 3 is 3.08 bits per heavy atom. The van der Waals surface area contributed by atoms with Gasteiger partial charge in [-0.25, -0.2) is 0 Å². The van der Waals surface area contributed by atoms with E-state index in [2.05, 4.69) is 29.1 Å². The molecule has 1 aromatic heterocycles. The van der Waals surface area contributed by atoms with Gasteiger partial charge in [-0.15, -0.1) is 0 Å². The highest BCUT2D eigenvalue weighted by Gasteiger charge is 2.23. The molecule has 0 saturated carbocycles. The molecule has 1 aromatic rings. The van der Waals surface area contributed by atoms with Crippen LogP contribution in [0, 0.1) is 0 Å². The van der Waals surface area contributed by atoms with Gasteiger partial charge in [-0.05, 0) is 29.3 Å². The van der Waals surface area contributed by atoms with Crippen molar-refractivity contribution in [1.82, 2.24) is 5.32 Å². The maximum atomic E-state index is 11.5. The fourth-order valence-electron chi connectivity index (χ4n) is 1.64. The lowest BCUT2D eigenvalue weighted by Crippen LogP contribution is -2.42. The van der Waals surface area contributed by atoms with Crippen LogP contribution in [0.25, 0.3) is 0 Å². The Kier molecular flexibility index (Phi) is 2.81. The van der Waals surface area contributed by atoms with Crippen molar-refractivity contribution in [2.75, 3.05) is 11.5 Å². The predicted octanol–water partition coefficient (Wildman–Crippen LogP) is 1.53. The van der Waals surface area contributed by atoms with E-state index in [9.17, 15) is 4.21 Å². The summed E-state index contributed by atoms with van der Waals surface area (Å²) in [5.74, 6) is 1.56. The van der Waals surface area contributed by atoms with Crippen LogP contribution < -0.4 is 5.32 Å². The summed E-state index contributed by atoms with van der Waals surface area (Å²) < 4.78 is 11.5. The molecule has 1 N–H and O–H groups in total. The lowest BCUT2D eigenvalue weighted by atomic mass is 10.1. The molecule has 2 heterocycles. The number of hydrogen-bond acceptors (Lipinski definition) is 3. The van der Waals surface area contributed by atoms with Crippen molar-refractivity contribution in [3.05, 3.63) is 22.4 Å². The Morgan fingerprint density at radius 2 is 2.46 bits per heavy atom. The van der Waals surface area contributed by atoms with Crippen LogP contribution in [-0.4, -0.2) is 21.8 Å². The molecule has 0 spiro atoms. The van der Waals surface area contributed by atoms with Gasteiger partial charge in [0.15, 0.2) is 0 Å². The van der Waals surface area contributed by atoms with Crippen molar-refractivity contribution in [2.45, 2.75) is 19.0 Å². The van der Waals surface area contributed by atoms with Crippen LogP contribution in [0.5, 0.6) is 0 Å². The Hall–Kier alpha value is -0.190. The van der Waals surface area contributed by atoms with Crippen LogP contribution >= 0.6 is 11.3 Å². The van der Waals surface area contributed by atoms with Gasteiger partial charge in [0.1, 0.15) is 0 Å². The van der Waals surface area contributed by atoms with Gasteiger partial charge in [0.25, 0.3) is 0 Å². The Balaban J connectivity index is 2.12. The van der Waals surface area contributed by atoms with Gasteiger partial charge in [0, 0.05) is 34.4 Å². The van der Waals surface area contributed by atoms with Gasteiger partial charge in [-0.3, -0.25) is 4.21 Å². The van der Waals surface area contributed by atoms with Crippen LogP contribution in [0.4, 0.5) is 0 Å². The van der Waals surface area contributed by atoms with Crippen molar-refractivity contribution in [3.8, 4) is 0 Å². The highest BCUT2D eigenvalue weighted by molar-refractivity contribution is 7.85. The first-order valence-corrected chi connectivity index (χ1v) is 6.82. The van der Waals surface area contributed by atoms with Crippen LogP contribution in [0.3, 0.4) is 0 Å². The van der Waals surface area contributed by atoms with E-state index < -0.39 is 10.8 Å². The normalized spacial score (nSPS) is 34.7. The van der Waals surface area contributed by atoms with E-state index in [-0.39, 0.29) is 0 Å². The van der Waals surface area contributed by atoms with Crippen LogP contribution in [-0.2, 0) is 10.8 Å². The van der Waals surface area contributed by atoms with Gasteiger partial charge >= 0.3 is 0 Å². The largest absolute Gasteiger partial charge is 0.306 e. The number of rotatable bonds is 1. The second kappa shape index (κ2) is 3.90. The molecule has 1 aliphatic rings. The highest BCUT2D eigenvalue weighted by Crippen LogP contribution is 2.21. The van der Waals surface area contributed by atoms with Crippen LogP contribution in [0.1, 0.15) is 18.5 Å². The van der Waals surface area contributed by atoms with Gasteiger partial charge in [0.2, 0.25) is 0 Å². The topological polar surface area (TPSA) is 29.1 Å². The van der Waals surface area contributed by atoms with Crippen molar-refractivity contribution in [3.63, 3.8) is 0 Å². The third-order valence-corrected chi connectivity index (χ3v) is 4.50. The number of thiophene rings is 1. The quantitative estimate of drug-likeness (QED) is 0.770. The fraction of sp³-hybridized carbons (Fsp3) is 0.556. The van der Waals surface area contributed by atoms with Gasteiger partial charge in [-0.1, -0.05) is 0 Å². The van der Waals surface area contributed by atoms with E-state index in [1.807, 2.05) is 0 Å². The molecule has 2 rings (SSSR count). The number of hydrogen-bond donors (Lipinski definition) is 1. The van der Waals surface area contributed by atoms with E-state index in [4.69, 9.17) is 0 Å². The maximum absolute atomic E-state index is 11.5. The molecule has 72 valence electrons. The minimum Gasteiger partial charge on any atom is -0.306 e. The minimum atomic E-state index is -0.643. The molecule has 13 heavy (non-hydrogen) atoms. The molecule has 0 aromatic carbocycles. The summed E-state index contributed by atoms with van der Waals surface area (Å²) in [4.78, 5) is 0. The second-order valence-electron chi connectivity index (χ2n) is 3.45. The molecule has 1 fully saturated rings. The smallest absolute Gasteiger partial charge is 0.0447 e. The van der Waals surface area contributed by atoms with E-state index in [1.54, 1.807) is 11.3 Å². The third-order valence-electron chi connectivity index (χ3n) is 2.22. The van der Waals surface area contributed by atoms with Gasteiger partial charge in [-0.2, -0.15) is 11.3 Å². The summed E-state index contributed by atoms with van der Waals surface area (Å²) >= 11 is 1.70.